The molecule has 0 saturated carbocycles. The van der Waals surface area contributed by atoms with E-state index in [0.717, 1.165) is 12.8 Å². The molecule has 1 amide bonds. The van der Waals surface area contributed by atoms with E-state index in [2.05, 4.69) is 6.58 Å². The second-order valence-electron chi connectivity index (χ2n) is 6.06. The fourth-order valence-corrected chi connectivity index (χ4v) is 2.37. The van der Waals surface area contributed by atoms with Gasteiger partial charge < -0.3 is 14.4 Å². The Kier molecular flexibility index (Phi) is 5.60. The van der Waals surface area contributed by atoms with Gasteiger partial charge in [0.1, 0.15) is 11.7 Å². The number of esters is 1. The van der Waals surface area contributed by atoms with Crippen molar-refractivity contribution >= 4 is 12.1 Å². The molecular weight excluding hydrogens is 258 g/mol. The minimum atomic E-state index is -0.538. The maximum absolute atomic E-state index is 12.3. The molecule has 0 bridgehead atoms. The SMILES string of the molecule is C=CC[C@H]1[C@@H](OC(C)=O)CCCN1C(=O)OC(C)(C)C. The first-order chi connectivity index (χ1) is 9.24. The van der Waals surface area contributed by atoms with Gasteiger partial charge in [0.05, 0.1) is 6.04 Å². The summed E-state index contributed by atoms with van der Waals surface area (Å²) in [5.74, 6) is -0.324. The van der Waals surface area contributed by atoms with Crippen LogP contribution in [0.3, 0.4) is 0 Å². The third kappa shape index (κ3) is 4.87. The van der Waals surface area contributed by atoms with Gasteiger partial charge in [0.25, 0.3) is 0 Å². The van der Waals surface area contributed by atoms with Gasteiger partial charge in [0.15, 0.2) is 0 Å². The summed E-state index contributed by atoms with van der Waals surface area (Å²) in [6.45, 7) is 11.2. The number of nitrogens with zero attached hydrogens (tertiary/aromatic N) is 1. The number of likely N-dealkylation sites (tertiary alicyclic amines) is 1. The Balaban J connectivity index is 2.83. The Labute approximate surface area is 120 Å². The van der Waals surface area contributed by atoms with E-state index >= 15 is 0 Å². The Hall–Kier alpha value is -1.52. The second kappa shape index (κ2) is 6.77. The van der Waals surface area contributed by atoms with E-state index < -0.39 is 5.60 Å². The van der Waals surface area contributed by atoms with Crippen LogP contribution in [-0.4, -0.2) is 41.3 Å². The lowest BCUT2D eigenvalue weighted by molar-refractivity contribution is -0.152. The van der Waals surface area contributed by atoms with Crippen molar-refractivity contribution in [2.75, 3.05) is 6.54 Å². The van der Waals surface area contributed by atoms with Crippen LogP contribution in [0.4, 0.5) is 4.79 Å². The topological polar surface area (TPSA) is 55.8 Å². The summed E-state index contributed by atoms with van der Waals surface area (Å²) >= 11 is 0. The molecule has 114 valence electrons. The van der Waals surface area contributed by atoms with Crippen molar-refractivity contribution in [2.24, 2.45) is 0 Å². The molecule has 0 aromatic heterocycles. The minimum absolute atomic E-state index is 0.194. The van der Waals surface area contributed by atoms with Gasteiger partial charge >= 0.3 is 12.1 Å². The van der Waals surface area contributed by atoms with E-state index in [0.29, 0.717) is 13.0 Å². The van der Waals surface area contributed by atoms with E-state index in [1.54, 1.807) is 11.0 Å². The highest BCUT2D eigenvalue weighted by molar-refractivity contribution is 5.69. The van der Waals surface area contributed by atoms with E-state index in [4.69, 9.17) is 9.47 Å². The molecule has 20 heavy (non-hydrogen) atoms. The Morgan fingerprint density at radius 3 is 2.55 bits per heavy atom. The maximum Gasteiger partial charge on any atom is 0.410 e. The first-order valence-corrected chi connectivity index (χ1v) is 7.02. The minimum Gasteiger partial charge on any atom is -0.460 e. The van der Waals surface area contributed by atoms with Crippen LogP contribution in [0.15, 0.2) is 12.7 Å². The van der Waals surface area contributed by atoms with Gasteiger partial charge in [-0.1, -0.05) is 6.08 Å². The summed E-state index contributed by atoms with van der Waals surface area (Å²) in [4.78, 5) is 25.1. The standard InChI is InChI=1S/C15H25NO4/c1-6-8-12-13(19-11(2)17)9-7-10-16(12)14(18)20-15(3,4)5/h6,12-13H,1,7-10H2,2-5H3/t12-,13-/m0/s1. The Morgan fingerprint density at radius 2 is 2.05 bits per heavy atom. The molecule has 1 aliphatic rings. The van der Waals surface area contributed by atoms with Gasteiger partial charge in [-0.05, 0) is 40.0 Å². The number of rotatable bonds is 3. The fourth-order valence-electron chi connectivity index (χ4n) is 2.37. The van der Waals surface area contributed by atoms with E-state index in [1.165, 1.54) is 6.92 Å². The fraction of sp³-hybridized carbons (Fsp3) is 0.733. The van der Waals surface area contributed by atoms with Gasteiger partial charge in [-0.25, -0.2) is 4.79 Å². The molecule has 0 N–H and O–H groups in total. The molecule has 0 aliphatic carbocycles. The van der Waals surface area contributed by atoms with Crippen LogP contribution >= 0.6 is 0 Å². The van der Waals surface area contributed by atoms with Crippen LogP contribution in [0.5, 0.6) is 0 Å². The number of hydrogen-bond donors (Lipinski definition) is 0. The van der Waals surface area contributed by atoms with E-state index in [1.807, 2.05) is 20.8 Å². The van der Waals surface area contributed by atoms with Gasteiger partial charge in [-0.15, -0.1) is 6.58 Å². The number of hydrogen-bond acceptors (Lipinski definition) is 4. The van der Waals surface area contributed by atoms with E-state index in [-0.39, 0.29) is 24.2 Å². The maximum atomic E-state index is 12.3. The third-order valence-corrected chi connectivity index (χ3v) is 3.07. The normalized spacial score (nSPS) is 23.1. The van der Waals surface area contributed by atoms with Crippen LogP contribution in [-0.2, 0) is 14.3 Å². The molecule has 0 radical (unpaired) electrons. The number of ether oxygens (including phenoxy) is 2. The van der Waals surface area contributed by atoms with Gasteiger partial charge in [-0.2, -0.15) is 0 Å². The zero-order valence-corrected chi connectivity index (χ0v) is 12.8. The zero-order valence-electron chi connectivity index (χ0n) is 12.8. The molecular formula is C15H25NO4. The second-order valence-corrected chi connectivity index (χ2v) is 6.06. The predicted octanol–water partition coefficient (Wildman–Crippen LogP) is 2.89. The number of carbonyl (C=O) groups is 2. The number of amides is 1. The molecule has 0 spiro atoms. The van der Waals surface area contributed by atoms with Crippen molar-refractivity contribution in [1.29, 1.82) is 0 Å². The average Bonchev–Trinajstić information content (AvgIpc) is 2.28. The lowest BCUT2D eigenvalue weighted by atomic mass is 9.96. The monoisotopic (exact) mass is 283 g/mol. The molecule has 1 rings (SSSR count). The smallest absolute Gasteiger partial charge is 0.410 e. The van der Waals surface area contributed by atoms with Crippen LogP contribution < -0.4 is 0 Å². The Morgan fingerprint density at radius 1 is 1.40 bits per heavy atom. The molecule has 1 heterocycles. The first-order valence-electron chi connectivity index (χ1n) is 7.02. The molecule has 0 aromatic rings. The summed E-state index contributed by atoms with van der Waals surface area (Å²) in [5, 5.41) is 0. The molecule has 0 aromatic carbocycles. The molecule has 0 unspecified atom stereocenters. The highest BCUT2D eigenvalue weighted by Crippen LogP contribution is 2.25. The lowest BCUT2D eigenvalue weighted by Gasteiger charge is -2.40. The van der Waals surface area contributed by atoms with Crippen molar-refractivity contribution in [3.05, 3.63) is 12.7 Å². The predicted molar refractivity (Wildman–Crippen MR) is 76.3 cm³/mol. The molecule has 1 saturated heterocycles. The van der Waals surface area contributed by atoms with Crippen LogP contribution in [0.2, 0.25) is 0 Å². The summed E-state index contributed by atoms with van der Waals surface area (Å²) in [6.07, 6.45) is 3.23. The van der Waals surface area contributed by atoms with Gasteiger partial charge in [0.2, 0.25) is 0 Å². The van der Waals surface area contributed by atoms with Crippen LogP contribution in [0, 0.1) is 0 Å². The molecule has 2 atom stereocenters. The average molecular weight is 283 g/mol. The summed E-state index contributed by atoms with van der Waals surface area (Å²) in [6, 6.07) is -0.194. The Bertz CT molecular complexity index is 373. The first kappa shape index (κ1) is 16.5. The highest BCUT2D eigenvalue weighted by atomic mass is 16.6. The number of piperidine rings is 1. The van der Waals surface area contributed by atoms with Crippen molar-refractivity contribution in [1.82, 2.24) is 4.90 Å². The van der Waals surface area contributed by atoms with Crippen LogP contribution in [0.1, 0.15) is 47.0 Å². The third-order valence-electron chi connectivity index (χ3n) is 3.07. The zero-order chi connectivity index (χ0) is 15.3. The molecule has 1 fully saturated rings. The van der Waals surface area contributed by atoms with Crippen molar-refractivity contribution in [3.8, 4) is 0 Å². The van der Waals surface area contributed by atoms with Crippen LogP contribution in [0.25, 0.3) is 0 Å². The molecule has 5 nitrogen and oxygen atoms in total. The summed E-state index contributed by atoms with van der Waals surface area (Å²) in [5.41, 5.74) is -0.538. The van der Waals surface area contributed by atoms with E-state index in [9.17, 15) is 9.59 Å². The van der Waals surface area contributed by atoms with Crippen molar-refractivity contribution < 1.29 is 19.1 Å². The highest BCUT2D eigenvalue weighted by Gasteiger charge is 2.37. The lowest BCUT2D eigenvalue weighted by Crippen LogP contribution is -2.53. The largest absolute Gasteiger partial charge is 0.460 e. The molecule has 5 heteroatoms. The van der Waals surface area contributed by atoms with Gasteiger partial charge in [-0.3, -0.25) is 4.79 Å². The van der Waals surface area contributed by atoms with Crippen molar-refractivity contribution in [2.45, 2.75) is 64.7 Å². The summed E-state index contributed by atoms with van der Waals surface area (Å²) < 4.78 is 10.8. The quantitative estimate of drug-likeness (QED) is 0.590. The summed E-state index contributed by atoms with van der Waals surface area (Å²) in [7, 11) is 0. The van der Waals surface area contributed by atoms with Crippen molar-refractivity contribution in [3.63, 3.8) is 0 Å². The number of carbonyl (C=O) groups excluding carboxylic acids is 2. The van der Waals surface area contributed by atoms with Gasteiger partial charge in [0, 0.05) is 13.5 Å². The molecule has 1 aliphatic heterocycles.